The maximum absolute atomic E-state index is 12.7. The van der Waals surface area contributed by atoms with E-state index in [-0.39, 0.29) is 17.9 Å². The highest BCUT2D eigenvalue weighted by Crippen LogP contribution is 2.41. The number of amides is 1. The third-order valence-corrected chi connectivity index (χ3v) is 6.00. The molecule has 5 rings (SSSR count). The number of aryl methyl sites for hydroxylation is 1. The topological polar surface area (TPSA) is 80.2 Å². The molecule has 2 aromatic heterocycles. The van der Waals surface area contributed by atoms with Crippen molar-refractivity contribution in [1.29, 1.82) is 0 Å². The maximum Gasteiger partial charge on any atom is 0.416 e. The number of H-pyrrole nitrogens is 1. The van der Waals surface area contributed by atoms with Crippen LogP contribution in [0.25, 0.3) is 10.9 Å². The molecule has 0 atom stereocenters. The largest absolute Gasteiger partial charge is 0.490 e. The molecule has 33 heavy (non-hydrogen) atoms. The van der Waals surface area contributed by atoms with Crippen molar-refractivity contribution in [3.05, 3.63) is 77.3 Å². The van der Waals surface area contributed by atoms with E-state index in [0.29, 0.717) is 22.8 Å². The molecule has 0 unspecified atom stereocenters. The van der Waals surface area contributed by atoms with E-state index < -0.39 is 11.7 Å². The fraction of sp³-hybridized carbons (Fsp3) is 0.250. The molecule has 0 saturated heterocycles. The van der Waals surface area contributed by atoms with Gasteiger partial charge in [-0.25, -0.2) is 0 Å². The van der Waals surface area contributed by atoms with Gasteiger partial charge in [0.25, 0.3) is 5.91 Å². The molecule has 6 nitrogen and oxygen atoms in total. The monoisotopic (exact) mass is 455 g/mol. The highest BCUT2D eigenvalue weighted by atomic mass is 19.4. The number of hydrogen-bond acceptors (Lipinski definition) is 4. The number of nitrogens with one attached hydrogen (secondary N) is 2. The zero-order valence-electron chi connectivity index (χ0n) is 17.6. The fourth-order valence-electron chi connectivity index (χ4n) is 4.05. The minimum Gasteiger partial charge on any atom is -0.490 e. The number of carbonyl (C=O) groups excluding carboxylic acids is 1. The van der Waals surface area contributed by atoms with Crippen molar-refractivity contribution < 1.29 is 27.2 Å². The first kappa shape index (κ1) is 21.1. The third-order valence-electron chi connectivity index (χ3n) is 6.00. The van der Waals surface area contributed by atoms with Crippen LogP contribution in [0.5, 0.6) is 5.75 Å². The summed E-state index contributed by atoms with van der Waals surface area (Å²) in [4.78, 5) is 15.6. The molecule has 2 aromatic carbocycles. The van der Waals surface area contributed by atoms with E-state index in [1.54, 1.807) is 25.3 Å². The number of rotatable bonds is 5. The van der Waals surface area contributed by atoms with Crippen molar-refractivity contribution in [2.24, 2.45) is 0 Å². The number of aromatic amines is 1. The molecule has 170 valence electrons. The van der Waals surface area contributed by atoms with Gasteiger partial charge in [-0.1, -0.05) is 17.3 Å². The first-order valence-electron chi connectivity index (χ1n) is 10.5. The Labute approximate surface area is 186 Å². The van der Waals surface area contributed by atoms with E-state index in [9.17, 15) is 18.0 Å². The average Bonchev–Trinajstić information content (AvgIpc) is 3.36. The second kappa shape index (κ2) is 7.99. The maximum atomic E-state index is 12.7. The molecule has 1 aliphatic carbocycles. The molecule has 1 saturated carbocycles. The zero-order chi connectivity index (χ0) is 23.2. The van der Waals surface area contributed by atoms with Crippen molar-refractivity contribution >= 4 is 22.5 Å². The van der Waals surface area contributed by atoms with E-state index in [1.165, 1.54) is 6.20 Å². The Kier molecular flexibility index (Phi) is 5.11. The summed E-state index contributed by atoms with van der Waals surface area (Å²) < 4.78 is 49.3. The lowest BCUT2D eigenvalue weighted by molar-refractivity contribution is -0.137. The van der Waals surface area contributed by atoms with E-state index in [0.717, 1.165) is 41.4 Å². The summed E-state index contributed by atoms with van der Waals surface area (Å²) >= 11 is 0. The highest BCUT2D eigenvalue weighted by Gasteiger charge is 2.34. The Morgan fingerprint density at radius 1 is 1.18 bits per heavy atom. The lowest BCUT2D eigenvalue weighted by atomic mass is 9.77. The van der Waals surface area contributed by atoms with E-state index >= 15 is 0 Å². The normalized spacial score (nSPS) is 18.2. The Balaban J connectivity index is 1.24. The van der Waals surface area contributed by atoms with Crippen LogP contribution >= 0.6 is 0 Å². The van der Waals surface area contributed by atoms with Crippen molar-refractivity contribution in [1.82, 2.24) is 10.1 Å². The van der Waals surface area contributed by atoms with Gasteiger partial charge in [0.15, 0.2) is 0 Å². The summed E-state index contributed by atoms with van der Waals surface area (Å²) in [6, 6.07) is 10.9. The van der Waals surface area contributed by atoms with E-state index in [1.807, 2.05) is 18.2 Å². The van der Waals surface area contributed by atoms with Gasteiger partial charge in [0.2, 0.25) is 0 Å². The number of alkyl halides is 3. The minimum atomic E-state index is -4.33. The molecule has 0 aliphatic heterocycles. The van der Waals surface area contributed by atoms with Crippen molar-refractivity contribution in [2.45, 2.75) is 38.0 Å². The number of ether oxygens (including phenoxy) is 1. The Hall–Kier alpha value is -3.75. The van der Waals surface area contributed by atoms with Gasteiger partial charge in [-0.3, -0.25) is 4.79 Å². The van der Waals surface area contributed by atoms with Gasteiger partial charge in [-0.2, -0.15) is 13.2 Å². The van der Waals surface area contributed by atoms with Crippen LogP contribution in [0.2, 0.25) is 0 Å². The van der Waals surface area contributed by atoms with Crippen LogP contribution in [0.1, 0.15) is 46.0 Å². The van der Waals surface area contributed by atoms with Gasteiger partial charge in [0.05, 0.1) is 23.6 Å². The van der Waals surface area contributed by atoms with Gasteiger partial charge < -0.3 is 19.6 Å². The van der Waals surface area contributed by atoms with Crippen molar-refractivity contribution in [3.63, 3.8) is 0 Å². The Morgan fingerprint density at radius 3 is 2.61 bits per heavy atom. The lowest BCUT2D eigenvalue weighted by Gasteiger charge is -2.35. The van der Waals surface area contributed by atoms with Crippen LogP contribution in [0.3, 0.4) is 0 Å². The van der Waals surface area contributed by atoms with Gasteiger partial charge in [0.1, 0.15) is 17.1 Å². The zero-order valence-corrected chi connectivity index (χ0v) is 17.6. The van der Waals surface area contributed by atoms with Crippen molar-refractivity contribution in [3.8, 4) is 5.75 Å². The Morgan fingerprint density at radius 2 is 1.94 bits per heavy atom. The van der Waals surface area contributed by atoms with Gasteiger partial charge >= 0.3 is 6.18 Å². The predicted molar refractivity (Wildman–Crippen MR) is 115 cm³/mol. The number of anilines is 1. The first-order chi connectivity index (χ1) is 15.8. The van der Waals surface area contributed by atoms with Crippen LogP contribution in [0, 0.1) is 6.92 Å². The summed E-state index contributed by atoms with van der Waals surface area (Å²) in [5.41, 5.74) is 2.06. The fourth-order valence-corrected chi connectivity index (χ4v) is 4.05. The number of nitrogens with zero attached hydrogens (tertiary/aromatic N) is 1. The number of carbonyl (C=O) groups is 1. The molecule has 1 aliphatic rings. The van der Waals surface area contributed by atoms with Crippen LogP contribution in [0.4, 0.5) is 18.9 Å². The van der Waals surface area contributed by atoms with Crippen LogP contribution < -0.4 is 10.1 Å². The summed E-state index contributed by atoms with van der Waals surface area (Å²) in [5.74, 6) is 0.952. The Bertz CT molecular complexity index is 1300. The van der Waals surface area contributed by atoms with Crippen LogP contribution in [0.15, 0.2) is 59.4 Å². The van der Waals surface area contributed by atoms with E-state index in [2.05, 4.69) is 15.5 Å². The molecular weight excluding hydrogens is 435 g/mol. The number of aromatic nitrogens is 2. The molecule has 4 aromatic rings. The molecule has 2 N–H and O–H groups in total. The van der Waals surface area contributed by atoms with Gasteiger partial charge in [0, 0.05) is 17.1 Å². The molecule has 0 radical (unpaired) electrons. The number of halogens is 3. The smallest absolute Gasteiger partial charge is 0.416 e. The summed E-state index contributed by atoms with van der Waals surface area (Å²) in [6.45, 7) is 1.67. The number of fused-ring (bicyclic) bond motifs is 1. The molecule has 9 heteroatoms. The van der Waals surface area contributed by atoms with Crippen molar-refractivity contribution in [2.75, 3.05) is 5.32 Å². The lowest BCUT2D eigenvalue weighted by Crippen LogP contribution is -2.32. The standard InChI is InChI=1S/C24H20F3N3O3/c1-13-20(11-29-33-13)23(31)30-22-12-28-21-7-6-17(10-19(21)22)32-18-8-15(9-18)14-2-4-16(5-3-14)24(25,26)27/h2-7,10-12,15,18,28H,8-9H2,1H3,(H,30,31)/t15-,18-. The minimum absolute atomic E-state index is 0.0219. The SMILES string of the molecule is Cc1oncc1C(=O)Nc1c[nH]c2ccc(O[C@H]3C[C@H](c4ccc(C(F)(F)F)cc4)C3)cc12. The summed E-state index contributed by atoms with van der Waals surface area (Å²) in [7, 11) is 0. The van der Waals surface area contributed by atoms with E-state index in [4.69, 9.17) is 9.26 Å². The average molecular weight is 455 g/mol. The molecule has 1 amide bonds. The number of benzene rings is 2. The molecule has 2 heterocycles. The molecular formula is C24H20F3N3O3. The summed E-state index contributed by atoms with van der Waals surface area (Å²) in [6.07, 6.45) is 0.190. The van der Waals surface area contributed by atoms with Crippen LogP contribution in [-0.4, -0.2) is 22.2 Å². The first-order valence-corrected chi connectivity index (χ1v) is 10.5. The highest BCUT2D eigenvalue weighted by molar-refractivity contribution is 6.09. The van der Waals surface area contributed by atoms with Gasteiger partial charge in [-0.15, -0.1) is 0 Å². The van der Waals surface area contributed by atoms with Gasteiger partial charge in [-0.05, 0) is 61.6 Å². The molecule has 0 spiro atoms. The second-order valence-corrected chi connectivity index (χ2v) is 8.19. The second-order valence-electron chi connectivity index (χ2n) is 8.19. The predicted octanol–water partition coefficient (Wildman–Crippen LogP) is 6.06. The molecule has 0 bridgehead atoms. The third kappa shape index (κ3) is 4.18. The quantitative estimate of drug-likeness (QED) is 0.383. The summed E-state index contributed by atoms with van der Waals surface area (Å²) in [5, 5.41) is 7.28. The number of hydrogen-bond donors (Lipinski definition) is 2. The molecule has 1 fully saturated rings. The van der Waals surface area contributed by atoms with Crippen LogP contribution in [-0.2, 0) is 6.18 Å².